The summed E-state index contributed by atoms with van der Waals surface area (Å²) in [5.41, 5.74) is 5.13. The third-order valence-corrected chi connectivity index (χ3v) is 1.97. The lowest BCUT2D eigenvalue weighted by molar-refractivity contribution is 0.199. The monoisotopic (exact) mass is 201 g/mol. The Morgan fingerprint density at radius 1 is 1.77 bits per heavy atom. The first-order valence-electron chi connectivity index (χ1n) is 3.79. The zero-order chi connectivity index (χ0) is 9.68. The number of H-pyrrole nitrogens is 1. The molecule has 0 spiro atoms. The predicted octanol–water partition coefficient (Wildman–Crippen LogP) is 0.438. The quantitative estimate of drug-likeness (QED) is 0.320. The van der Waals surface area contributed by atoms with Crippen LogP contribution in [-0.4, -0.2) is 22.5 Å². The second-order valence-electron chi connectivity index (χ2n) is 2.23. The van der Waals surface area contributed by atoms with Crippen LogP contribution < -0.4 is 11.3 Å². The molecule has 0 bridgehead atoms. The molecule has 13 heavy (non-hydrogen) atoms. The van der Waals surface area contributed by atoms with Crippen LogP contribution in [0.25, 0.3) is 0 Å². The molecule has 72 valence electrons. The van der Waals surface area contributed by atoms with E-state index in [4.69, 9.17) is 10.5 Å². The smallest absolute Gasteiger partial charge is 0.253 e. The van der Waals surface area contributed by atoms with E-state index >= 15 is 0 Å². The summed E-state index contributed by atoms with van der Waals surface area (Å²) in [6.45, 7) is 2.54. The van der Waals surface area contributed by atoms with Crippen molar-refractivity contribution in [3.8, 4) is 0 Å². The van der Waals surface area contributed by atoms with Crippen molar-refractivity contribution < 1.29 is 4.74 Å². The van der Waals surface area contributed by atoms with Crippen molar-refractivity contribution >= 4 is 17.6 Å². The van der Waals surface area contributed by atoms with Gasteiger partial charge in [0.2, 0.25) is 0 Å². The Balaban J connectivity index is 2.61. The maximum Gasteiger partial charge on any atom is 0.253 e. The number of nitrogens with two attached hydrogens (primary N) is 1. The molecule has 0 saturated heterocycles. The molecule has 0 amide bonds. The summed E-state index contributed by atoms with van der Waals surface area (Å²) in [5.74, 6) is 0.686. The van der Waals surface area contributed by atoms with E-state index in [-0.39, 0.29) is 11.4 Å². The van der Waals surface area contributed by atoms with Crippen LogP contribution in [0, 0.1) is 0 Å². The first kappa shape index (κ1) is 10.1. The van der Waals surface area contributed by atoms with Crippen molar-refractivity contribution in [2.75, 3.05) is 18.3 Å². The number of hydrogen-bond donors (Lipinski definition) is 2. The molecular weight excluding hydrogens is 190 g/mol. The highest BCUT2D eigenvalue weighted by molar-refractivity contribution is 7.99. The maximum absolute atomic E-state index is 10.9. The molecule has 0 radical (unpaired) electrons. The predicted molar refractivity (Wildman–Crippen MR) is 51.6 cm³/mol. The number of hydrogen-bond acceptors (Lipinski definition) is 5. The Morgan fingerprint density at radius 2 is 2.54 bits per heavy atom. The number of aromatic amines is 1. The average Bonchev–Trinajstić information content (AvgIpc) is 2.03. The highest BCUT2D eigenvalue weighted by Gasteiger charge is 1.98. The number of ether oxygens (including phenoxy) is 1. The molecular formula is C7H11N3O2S. The van der Waals surface area contributed by atoms with E-state index in [1.54, 1.807) is 0 Å². The summed E-state index contributed by atoms with van der Waals surface area (Å²) in [5, 5.41) is 0.485. The van der Waals surface area contributed by atoms with Crippen LogP contribution in [0.15, 0.2) is 16.0 Å². The lowest BCUT2D eigenvalue weighted by atomic mass is 10.6. The van der Waals surface area contributed by atoms with Gasteiger partial charge in [-0.15, -0.1) is 0 Å². The van der Waals surface area contributed by atoms with Crippen LogP contribution >= 0.6 is 11.8 Å². The minimum absolute atomic E-state index is 0.225. The third kappa shape index (κ3) is 3.47. The summed E-state index contributed by atoms with van der Waals surface area (Å²) >= 11 is 1.30. The Bertz CT molecular complexity index is 326. The number of aromatic nitrogens is 2. The van der Waals surface area contributed by atoms with Crippen molar-refractivity contribution in [1.82, 2.24) is 9.97 Å². The third-order valence-electron chi connectivity index (χ3n) is 1.22. The van der Waals surface area contributed by atoms with Crippen molar-refractivity contribution in [2.45, 2.75) is 12.1 Å². The van der Waals surface area contributed by atoms with Gasteiger partial charge in [-0.1, -0.05) is 11.8 Å². The van der Waals surface area contributed by atoms with Crippen LogP contribution in [0.3, 0.4) is 0 Å². The lowest BCUT2D eigenvalue weighted by Crippen LogP contribution is -2.09. The molecule has 0 aliphatic heterocycles. The van der Waals surface area contributed by atoms with E-state index in [1.807, 2.05) is 6.92 Å². The fraction of sp³-hybridized carbons (Fsp3) is 0.429. The Morgan fingerprint density at radius 3 is 3.15 bits per heavy atom. The van der Waals surface area contributed by atoms with Gasteiger partial charge in [0.15, 0.2) is 5.16 Å². The van der Waals surface area contributed by atoms with Crippen LogP contribution in [-0.2, 0) is 4.74 Å². The number of rotatable bonds is 4. The van der Waals surface area contributed by atoms with E-state index < -0.39 is 0 Å². The lowest BCUT2D eigenvalue weighted by Gasteiger charge is -2.00. The minimum atomic E-state index is -0.244. The zero-order valence-corrected chi connectivity index (χ0v) is 8.06. The molecule has 5 nitrogen and oxygen atoms in total. The first-order chi connectivity index (χ1) is 6.22. The van der Waals surface area contributed by atoms with Gasteiger partial charge in [-0.3, -0.25) is 4.79 Å². The Labute approximate surface area is 79.7 Å². The van der Waals surface area contributed by atoms with Gasteiger partial charge < -0.3 is 15.5 Å². The zero-order valence-electron chi connectivity index (χ0n) is 7.24. The number of anilines is 1. The fourth-order valence-corrected chi connectivity index (χ4v) is 1.41. The first-order valence-corrected chi connectivity index (χ1v) is 4.78. The normalized spacial score (nSPS) is 10.2. The summed E-state index contributed by atoms with van der Waals surface area (Å²) in [4.78, 5) is 17.4. The van der Waals surface area contributed by atoms with Crippen molar-refractivity contribution in [2.24, 2.45) is 0 Å². The SMILES string of the molecule is CCOCSc1nc(N)cc(=O)[nH]1. The Hall–Kier alpha value is -1.01. The molecule has 1 aromatic heterocycles. The molecule has 0 saturated carbocycles. The van der Waals surface area contributed by atoms with Gasteiger partial charge in [-0.2, -0.15) is 0 Å². The van der Waals surface area contributed by atoms with Crippen molar-refractivity contribution in [1.29, 1.82) is 0 Å². The van der Waals surface area contributed by atoms with E-state index in [0.29, 0.717) is 17.7 Å². The van der Waals surface area contributed by atoms with E-state index in [2.05, 4.69) is 9.97 Å². The summed E-state index contributed by atoms with van der Waals surface area (Å²) < 4.78 is 5.08. The van der Waals surface area contributed by atoms with Gasteiger partial charge >= 0.3 is 0 Å². The van der Waals surface area contributed by atoms with Crippen LogP contribution in [0.5, 0.6) is 0 Å². The number of thioether (sulfide) groups is 1. The summed E-state index contributed by atoms with van der Waals surface area (Å²) in [6, 6.07) is 1.24. The van der Waals surface area contributed by atoms with Gasteiger partial charge in [-0.05, 0) is 6.92 Å². The van der Waals surface area contributed by atoms with Gasteiger partial charge in [-0.25, -0.2) is 4.98 Å². The van der Waals surface area contributed by atoms with Gasteiger partial charge in [0.1, 0.15) is 5.82 Å². The number of nitrogens with zero attached hydrogens (tertiary/aromatic N) is 1. The van der Waals surface area contributed by atoms with Crippen molar-refractivity contribution in [3.63, 3.8) is 0 Å². The Kier molecular flexibility index (Phi) is 3.78. The molecule has 6 heteroatoms. The minimum Gasteiger partial charge on any atom is -0.383 e. The fourth-order valence-electron chi connectivity index (χ4n) is 0.702. The van der Waals surface area contributed by atoms with Gasteiger partial charge in [0, 0.05) is 12.7 Å². The molecule has 1 heterocycles. The summed E-state index contributed by atoms with van der Waals surface area (Å²) in [6.07, 6.45) is 0. The second-order valence-corrected chi connectivity index (χ2v) is 3.14. The molecule has 0 aromatic carbocycles. The van der Waals surface area contributed by atoms with Crippen molar-refractivity contribution in [3.05, 3.63) is 16.4 Å². The topological polar surface area (TPSA) is 81.0 Å². The van der Waals surface area contributed by atoms with Crippen LogP contribution in [0.4, 0.5) is 5.82 Å². The van der Waals surface area contributed by atoms with E-state index in [9.17, 15) is 4.79 Å². The second kappa shape index (κ2) is 4.88. The molecule has 0 aliphatic carbocycles. The van der Waals surface area contributed by atoms with E-state index in [1.165, 1.54) is 17.8 Å². The molecule has 1 aromatic rings. The molecule has 0 aliphatic rings. The largest absolute Gasteiger partial charge is 0.383 e. The number of nitrogens with one attached hydrogen (secondary N) is 1. The molecule has 3 N–H and O–H groups in total. The molecule has 0 fully saturated rings. The van der Waals surface area contributed by atoms with Crippen LogP contribution in [0.1, 0.15) is 6.92 Å². The van der Waals surface area contributed by atoms with Gasteiger partial charge in [0.05, 0.1) is 5.94 Å². The molecule has 0 atom stereocenters. The van der Waals surface area contributed by atoms with Crippen LogP contribution in [0.2, 0.25) is 0 Å². The molecule has 1 rings (SSSR count). The highest BCUT2D eigenvalue weighted by Crippen LogP contribution is 2.11. The van der Waals surface area contributed by atoms with E-state index in [0.717, 1.165) is 0 Å². The summed E-state index contributed by atoms with van der Waals surface area (Å²) in [7, 11) is 0. The highest BCUT2D eigenvalue weighted by atomic mass is 32.2. The standard InChI is InChI=1S/C7H11N3O2S/c1-2-12-4-13-7-9-5(8)3-6(11)10-7/h3H,2,4H2,1H3,(H3,8,9,10,11). The average molecular weight is 201 g/mol. The maximum atomic E-state index is 10.9. The number of nitrogen functional groups attached to an aromatic ring is 1. The molecule has 0 unspecified atom stereocenters. The van der Waals surface area contributed by atoms with Gasteiger partial charge in [0.25, 0.3) is 5.56 Å².